The number of allylic oxidation sites excluding steroid dienone is 1. The predicted molar refractivity (Wildman–Crippen MR) is 85.3 cm³/mol. The van der Waals surface area contributed by atoms with Gasteiger partial charge in [0, 0.05) is 17.0 Å². The van der Waals surface area contributed by atoms with E-state index >= 15 is 0 Å². The quantitative estimate of drug-likeness (QED) is 0.853. The van der Waals surface area contributed by atoms with E-state index in [0.29, 0.717) is 11.4 Å². The van der Waals surface area contributed by atoms with Gasteiger partial charge in [-0.15, -0.1) is 6.58 Å². The van der Waals surface area contributed by atoms with Crippen molar-refractivity contribution in [3.05, 3.63) is 60.1 Å². The maximum Gasteiger partial charge on any atom is 0.213 e. The topological polar surface area (TPSA) is 42.4 Å². The van der Waals surface area contributed by atoms with Crippen LogP contribution in [0.2, 0.25) is 0 Å². The molecule has 0 atom stereocenters. The molecule has 0 saturated heterocycles. The molecule has 1 N–H and O–H groups in total. The molecular formula is C18H20FNO2. The number of pyridine rings is 1. The third-order valence-corrected chi connectivity index (χ3v) is 3.80. The highest BCUT2D eigenvalue weighted by Crippen LogP contribution is 2.36. The first-order chi connectivity index (χ1) is 10.4. The van der Waals surface area contributed by atoms with Gasteiger partial charge in [-0.3, -0.25) is 0 Å². The number of aliphatic hydroxyl groups excluding tert-OH is 1. The molecule has 2 rings (SSSR count). The van der Waals surface area contributed by atoms with E-state index in [1.807, 2.05) is 32.1 Å². The fourth-order valence-corrected chi connectivity index (χ4v) is 2.31. The van der Waals surface area contributed by atoms with Crippen molar-refractivity contribution in [2.24, 2.45) is 0 Å². The molecular weight excluding hydrogens is 281 g/mol. The van der Waals surface area contributed by atoms with E-state index in [-0.39, 0.29) is 12.0 Å². The van der Waals surface area contributed by atoms with Gasteiger partial charge in [0.2, 0.25) is 5.88 Å². The number of aliphatic hydroxyl groups is 1. The molecule has 0 amide bonds. The predicted octanol–water partition coefficient (Wildman–Crippen LogP) is 3.85. The highest BCUT2D eigenvalue weighted by Gasteiger charge is 2.23. The number of hydrogen-bond acceptors (Lipinski definition) is 3. The number of aromatic nitrogens is 1. The van der Waals surface area contributed by atoms with Crippen LogP contribution in [-0.2, 0) is 12.0 Å². The first-order valence-corrected chi connectivity index (χ1v) is 7.00. The van der Waals surface area contributed by atoms with Crippen molar-refractivity contribution < 1.29 is 14.2 Å². The molecule has 0 aliphatic heterocycles. The van der Waals surface area contributed by atoms with Crippen molar-refractivity contribution in [2.45, 2.75) is 25.9 Å². The lowest BCUT2D eigenvalue weighted by atomic mass is 9.79. The fraction of sp³-hybridized carbons (Fsp3) is 0.278. The van der Waals surface area contributed by atoms with Crippen molar-refractivity contribution >= 4 is 0 Å². The minimum atomic E-state index is -0.418. The second kappa shape index (κ2) is 6.28. The van der Waals surface area contributed by atoms with E-state index in [1.165, 1.54) is 7.11 Å². The summed E-state index contributed by atoms with van der Waals surface area (Å²) >= 11 is 0. The molecule has 0 bridgehead atoms. The van der Waals surface area contributed by atoms with E-state index in [1.54, 1.807) is 12.1 Å². The van der Waals surface area contributed by atoms with Crippen LogP contribution < -0.4 is 4.74 Å². The molecule has 0 radical (unpaired) electrons. The molecule has 0 unspecified atom stereocenters. The number of benzene rings is 1. The van der Waals surface area contributed by atoms with Gasteiger partial charge in [-0.05, 0) is 16.7 Å². The van der Waals surface area contributed by atoms with E-state index in [2.05, 4.69) is 11.6 Å². The third kappa shape index (κ3) is 3.02. The molecule has 0 aliphatic rings. The monoisotopic (exact) mass is 301 g/mol. The van der Waals surface area contributed by atoms with Gasteiger partial charge in [-0.2, -0.15) is 0 Å². The molecule has 1 aromatic carbocycles. The Labute approximate surface area is 130 Å². The van der Waals surface area contributed by atoms with E-state index in [4.69, 9.17) is 4.74 Å². The fourth-order valence-electron chi connectivity index (χ4n) is 2.31. The Morgan fingerprint density at radius 3 is 2.64 bits per heavy atom. The normalized spacial score (nSPS) is 11.3. The third-order valence-electron chi connectivity index (χ3n) is 3.80. The average Bonchev–Trinajstić information content (AvgIpc) is 2.54. The number of hydrogen-bond donors (Lipinski definition) is 1. The van der Waals surface area contributed by atoms with Gasteiger partial charge in [0.15, 0.2) is 0 Å². The summed E-state index contributed by atoms with van der Waals surface area (Å²) < 4.78 is 19.3. The molecule has 3 nitrogen and oxygen atoms in total. The standard InChI is InChI=1S/C18H20FNO2/c1-5-18(2,3)15-8-12(11-21)6-7-13(15)14-9-17(22-4)20-10-16(14)19/h5-10,21H,1,11H2,2-4H3. The van der Waals surface area contributed by atoms with Crippen LogP contribution in [0.1, 0.15) is 25.0 Å². The second-order valence-corrected chi connectivity index (χ2v) is 5.67. The van der Waals surface area contributed by atoms with Crippen molar-refractivity contribution in [1.82, 2.24) is 4.98 Å². The smallest absolute Gasteiger partial charge is 0.213 e. The Kier molecular flexibility index (Phi) is 4.62. The lowest BCUT2D eigenvalue weighted by Gasteiger charge is -2.25. The summed E-state index contributed by atoms with van der Waals surface area (Å²) in [5, 5.41) is 9.37. The number of nitrogens with zero attached hydrogens (tertiary/aromatic N) is 1. The van der Waals surface area contributed by atoms with Crippen molar-refractivity contribution in [1.29, 1.82) is 0 Å². The maximum atomic E-state index is 14.3. The van der Waals surface area contributed by atoms with Crippen LogP contribution in [0.25, 0.3) is 11.1 Å². The highest BCUT2D eigenvalue weighted by atomic mass is 19.1. The molecule has 0 fully saturated rings. The summed E-state index contributed by atoms with van der Waals surface area (Å²) in [6.45, 7) is 7.79. The molecule has 1 aromatic heterocycles. The molecule has 22 heavy (non-hydrogen) atoms. The van der Waals surface area contributed by atoms with Gasteiger partial charge in [0.05, 0.1) is 19.9 Å². The number of halogens is 1. The van der Waals surface area contributed by atoms with Gasteiger partial charge in [-0.25, -0.2) is 9.37 Å². The number of methoxy groups -OCH3 is 1. The van der Waals surface area contributed by atoms with Crippen molar-refractivity contribution in [2.75, 3.05) is 7.11 Å². The van der Waals surface area contributed by atoms with E-state index in [0.717, 1.165) is 22.9 Å². The van der Waals surface area contributed by atoms with Crippen molar-refractivity contribution in [3.63, 3.8) is 0 Å². The maximum absolute atomic E-state index is 14.3. The summed E-state index contributed by atoms with van der Waals surface area (Å²) in [5.41, 5.74) is 2.45. The summed E-state index contributed by atoms with van der Waals surface area (Å²) in [6, 6.07) is 7.05. The minimum absolute atomic E-state index is 0.0668. The molecule has 116 valence electrons. The van der Waals surface area contributed by atoms with Crippen molar-refractivity contribution in [3.8, 4) is 17.0 Å². The summed E-state index contributed by atoms with van der Waals surface area (Å²) in [6.07, 6.45) is 2.96. The van der Waals surface area contributed by atoms with Crippen LogP contribution in [0.15, 0.2) is 43.1 Å². The van der Waals surface area contributed by atoms with Crippen LogP contribution in [0.5, 0.6) is 5.88 Å². The summed E-state index contributed by atoms with van der Waals surface area (Å²) in [4.78, 5) is 3.87. The SMILES string of the molecule is C=CC(C)(C)c1cc(CO)ccc1-c1cc(OC)ncc1F. The zero-order valence-corrected chi connectivity index (χ0v) is 13.1. The summed E-state index contributed by atoms with van der Waals surface area (Å²) in [5.74, 6) is -0.0661. The Bertz CT molecular complexity index is 695. The van der Waals surface area contributed by atoms with Gasteiger partial charge in [-0.1, -0.05) is 38.1 Å². The molecule has 0 saturated carbocycles. The minimum Gasteiger partial charge on any atom is -0.481 e. The summed E-state index contributed by atoms with van der Waals surface area (Å²) in [7, 11) is 1.49. The Balaban J connectivity index is 2.72. The molecule has 2 aromatic rings. The number of ether oxygens (including phenoxy) is 1. The van der Waals surface area contributed by atoms with Gasteiger partial charge in [0.25, 0.3) is 0 Å². The van der Waals surface area contributed by atoms with Crippen LogP contribution in [0.3, 0.4) is 0 Å². The molecule has 0 aliphatic carbocycles. The Morgan fingerprint density at radius 1 is 1.32 bits per heavy atom. The van der Waals surface area contributed by atoms with Crippen LogP contribution in [0, 0.1) is 5.82 Å². The van der Waals surface area contributed by atoms with Crippen LogP contribution in [-0.4, -0.2) is 17.2 Å². The lowest BCUT2D eigenvalue weighted by molar-refractivity contribution is 0.281. The highest BCUT2D eigenvalue weighted by molar-refractivity contribution is 5.71. The van der Waals surface area contributed by atoms with Crippen LogP contribution in [0.4, 0.5) is 4.39 Å². The lowest BCUT2D eigenvalue weighted by Crippen LogP contribution is -2.15. The molecule has 4 heteroatoms. The first-order valence-electron chi connectivity index (χ1n) is 7.00. The second-order valence-electron chi connectivity index (χ2n) is 5.67. The van der Waals surface area contributed by atoms with Gasteiger partial charge in [0.1, 0.15) is 5.82 Å². The van der Waals surface area contributed by atoms with Gasteiger partial charge < -0.3 is 9.84 Å². The molecule has 1 heterocycles. The Hall–Kier alpha value is -2.20. The largest absolute Gasteiger partial charge is 0.481 e. The zero-order chi connectivity index (χ0) is 16.3. The molecule has 0 spiro atoms. The number of rotatable bonds is 5. The van der Waals surface area contributed by atoms with E-state index in [9.17, 15) is 9.50 Å². The van der Waals surface area contributed by atoms with Gasteiger partial charge >= 0.3 is 0 Å². The van der Waals surface area contributed by atoms with E-state index < -0.39 is 5.82 Å². The van der Waals surface area contributed by atoms with Crippen LogP contribution >= 0.6 is 0 Å². The Morgan fingerprint density at radius 2 is 2.05 bits per heavy atom. The zero-order valence-electron chi connectivity index (χ0n) is 13.1. The first kappa shape index (κ1) is 16.2. The average molecular weight is 301 g/mol.